The van der Waals surface area contributed by atoms with Gasteiger partial charge in [-0.15, -0.1) is 0 Å². The third-order valence-electron chi connectivity index (χ3n) is 4.45. The number of fused-ring (bicyclic) bond motifs is 1. The zero-order valence-electron chi connectivity index (χ0n) is 14.1. The fourth-order valence-electron chi connectivity index (χ4n) is 3.01. The van der Waals surface area contributed by atoms with E-state index in [0.717, 1.165) is 18.6 Å². The lowest BCUT2D eigenvalue weighted by atomic mass is 9.86. The van der Waals surface area contributed by atoms with Gasteiger partial charge in [-0.1, -0.05) is 12.1 Å². The van der Waals surface area contributed by atoms with Gasteiger partial charge in [0.1, 0.15) is 11.2 Å². The summed E-state index contributed by atoms with van der Waals surface area (Å²) in [6.07, 6.45) is 3.32. The molecule has 0 aliphatic heterocycles. The number of aromatic nitrogens is 2. The quantitative estimate of drug-likeness (QED) is 0.847. The van der Waals surface area contributed by atoms with Crippen molar-refractivity contribution in [1.82, 2.24) is 9.97 Å². The number of H-pyrrole nitrogens is 1. The zero-order chi connectivity index (χ0) is 18.0. The maximum absolute atomic E-state index is 12.2. The Morgan fingerprint density at radius 1 is 1.40 bits per heavy atom. The Morgan fingerprint density at radius 3 is 2.76 bits per heavy atom. The summed E-state index contributed by atoms with van der Waals surface area (Å²) in [4.78, 5) is 46.9. The molecule has 0 atom stereocenters. The van der Waals surface area contributed by atoms with E-state index in [9.17, 15) is 14.4 Å². The average Bonchev–Trinajstić information content (AvgIpc) is 2.59. The van der Waals surface area contributed by atoms with Crippen molar-refractivity contribution >= 4 is 22.6 Å². The molecule has 0 amide bonds. The number of nitrogens with one attached hydrogen (secondary N) is 1. The van der Waals surface area contributed by atoms with Crippen LogP contribution in [0.3, 0.4) is 0 Å². The molecule has 8 nitrogen and oxygen atoms in total. The van der Waals surface area contributed by atoms with Crippen molar-refractivity contribution in [2.45, 2.75) is 46.0 Å². The van der Waals surface area contributed by atoms with Crippen LogP contribution in [0.1, 0.15) is 45.1 Å². The summed E-state index contributed by atoms with van der Waals surface area (Å²) in [5.74, 6) is 0.279. The van der Waals surface area contributed by atoms with Gasteiger partial charge in [-0.3, -0.25) is 14.6 Å². The molecule has 1 N–H and O–H groups in total. The first-order valence-electron chi connectivity index (χ1n) is 8.28. The molecular weight excluding hydrogens is 326 g/mol. The number of carbonyl (C=O) groups is 1. The number of ketones is 1. The summed E-state index contributed by atoms with van der Waals surface area (Å²) in [7, 11) is 0. The summed E-state index contributed by atoms with van der Waals surface area (Å²) in [6, 6.07) is 1.16. The molecular formula is C17H19N3O5. The summed E-state index contributed by atoms with van der Waals surface area (Å²) >= 11 is 0. The molecule has 8 heteroatoms. The fraction of sp³-hybridized carbons (Fsp3) is 0.471. The second-order valence-electron chi connectivity index (χ2n) is 6.13. The SMILES string of the molecule is CCc1cc(=O)oc2nc(ON=C3CCC(C(C)=O)CC3)[nH]c(=O)c12. The van der Waals surface area contributed by atoms with E-state index in [1.165, 1.54) is 6.07 Å². The normalized spacial score (nSPS) is 17.5. The number of carbonyl (C=O) groups excluding carboxylic acids is 1. The molecule has 2 aromatic heterocycles. The van der Waals surface area contributed by atoms with Crippen LogP contribution in [-0.2, 0) is 11.2 Å². The minimum Gasteiger partial charge on any atom is -0.403 e. The van der Waals surface area contributed by atoms with Gasteiger partial charge in [0, 0.05) is 12.0 Å². The lowest BCUT2D eigenvalue weighted by Crippen LogP contribution is -2.20. The largest absolute Gasteiger partial charge is 0.403 e. The van der Waals surface area contributed by atoms with Gasteiger partial charge in [0.25, 0.3) is 5.56 Å². The van der Waals surface area contributed by atoms with E-state index in [4.69, 9.17) is 9.25 Å². The molecule has 0 saturated heterocycles. The van der Waals surface area contributed by atoms with E-state index in [1.54, 1.807) is 6.92 Å². The van der Waals surface area contributed by atoms with E-state index in [0.29, 0.717) is 24.8 Å². The van der Waals surface area contributed by atoms with Crippen LogP contribution in [0, 0.1) is 5.92 Å². The van der Waals surface area contributed by atoms with Crippen molar-refractivity contribution in [2.75, 3.05) is 0 Å². The molecule has 2 aromatic rings. The molecule has 0 spiro atoms. The van der Waals surface area contributed by atoms with Crippen molar-refractivity contribution in [3.8, 4) is 6.01 Å². The summed E-state index contributed by atoms with van der Waals surface area (Å²) < 4.78 is 5.01. The number of Topliss-reactive ketones (excluding diaryl/α,β-unsaturated/α-hetero) is 1. The minimum atomic E-state index is -0.567. The summed E-state index contributed by atoms with van der Waals surface area (Å²) in [5, 5.41) is 4.25. The Labute approximate surface area is 142 Å². The maximum atomic E-state index is 12.2. The van der Waals surface area contributed by atoms with Gasteiger partial charge in [0.15, 0.2) is 0 Å². The Balaban J connectivity index is 1.83. The number of nitrogens with zero attached hydrogens (tertiary/aromatic N) is 2. The number of aromatic amines is 1. The van der Waals surface area contributed by atoms with Crippen LogP contribution < -0.4 is 16.0 Å². The van der Waals surface area contributed by atoms with Crippen LogP contribution >= 0.6 is 0 Å². The Kier molecular flexibility index (Phi) is 4.78. The van der Waals surface area contributed by atoms with Crippen molar-refractivity contribution in [1.29, 1.82) is 0 Å². The van der Waals surface area contributed by atoms with E-state index in [2.05, 4.69) is 15.1 Å². The predicted molar refractivity (Wildman–Crippen MR) is 91.0 cm³/mol. The molecule has 0 bridgehead atoms. The molecule has 0 unspecified atom stereocenters. The standard InChI is InChI=1S/C17H19N3O5/c1-3-10-8-13(22)24-16-14(10)15(23)18-17(19-16)25-20-12-6-4-11(5-7-12)9(2)21/h8,11H,3-7H2,1-2H3,(H,18,19,23). The highest BCUT2D eigenvalue weighted by Gasteiger charge is 2.21. The van der Waals surface area contributed by atoms with Gasteiger partial charge in [-0.05, 0) is 44.6 Å². The molecule has 0 radical (unpaired) electrons. The van der Waals surface area contributed by atoms with Crippen LogP contribution in [0.15, 0.2) is 25.2 Å². The van der Waals surface area contributed by atoms with Gasteiger partial charge >= 0.3 is 11.6 Å². The molecule has 1 fully saturated rings. The second-order valence-corrected chi connectivity index (χ2v) is 6.13. The highest BCUT2D eigenvalue weighted by molar-refractivity contribution is 5.87. The lowest BCUT2D eigenvalue weighted by molar-refractivity contribution is -0.121. The van der Waals surface area contributed by atoms with Crippen molar-refractivity contribution in [2.24, 2.45) is 11.1 Å². The average molecular weight is 345 g/mol. The highest BCUT2D eigenvalue weighted by atomic mass is 16.6. The van der Waals surface area contributed by atoms with Crippen molar-refractivity contribution in [3.63, 3.8) is 0 Å². The van der Waals surface area contributed by atoms with Crippen LogP contribution in [0.4, 0.5) is 0 Å². The van der Waals surface area contributed by atoms with E-state index in [1.807, 2.05) is 6.92 Å². The number of hydrogen-bond acceptors (Lipinski definition) is 7. The maximum Gasteiger partial charge on any atom is 0.337 e. The second kappa shape index (κ2) is 7.00. The van der Waals surface area contributed by atoms with Gasteiger partial charge in [0.05, 0.1) is 5.71 Å². The van der Waals surface area contributed by atoms with Gasteiger partial charge in [-0.2, -0.15) is 4.98 Å². The number of hydrogen-bond donors (Lipinski definition) is 1. The Bertz CT molecular complexity index is 947. The lowest BCUT2D eigenvalue weighted by Gasteiger charge is -2.19. The first kappa shape index (κ1) is 17.1. The van der Waals surface area contributed by atoms with Gasteiger partial charge in [-0.25, -0.2) is 4.79 Å². The third-order valence-corrected chi connectivity index (χ3v) is 4.45. The summed E-state index contributed by atoms with van der Waals surface area (Å²) in [5.41, 5.74) is 0.302. The van der Waals surface area contributed by atoms with Gasteiger partial charge < -0.3 is 9.25 Å². The first-order valence-corrected chi connectivity index (χ1v) is 8.28. The van der Waals surface area contributed by atoms with Crippen LogP contribution in [0.2, 0.25) is 0 Å². The van der Waals surface area contributed by atoms with E-state index < -0.39 is 11.2 Å². The van der Waals surface area contributed by atoms with Crippen LogP contribution in [0.5, 0.6) is 6.01 Å². The molecule has 1 aliphatic carbocycles. The monoisotopic (exact) mass is 345 g/mol. The Hall–Kier alpha value is -2.77. The van der Waals surface area contributed by atoms with Crippen molar-refractivity contribution < 1.29 is 14.0 Å². The molecule has 0 aromatic carbocycles. The number of oxime groups is 1. The number of rotatable bonds is 4. The Morgan fingerprint density at radius 2 is 2.12 bits per heavy atom. The fourth-order valence-corrected chi connectivity index (χ4v) is 3.01. The molecule has 2 heterocycles. The smallest absolute Gasteiger partial charge is 0.337 e. The minimum absolute atomic E-state index is 0.0661. The van der Waals surface area contributed by atoms with Gasteiger partial charge in [0.2, 0.25) is 5.71 Å². The zero-order valence-corrected chi connectivity index (χ0v) is 14.1. The third kappa shape index (κ3) is 3.67. The summed E-state index contributed by atoms with van der Waals surface area (Å²) in [6.45, 7) is 3.44. The van der Waals surface area contributed by atoms with E-state index in [-0.39, 0.29) is 28.8 Å². The van der Waals surface area contributed by atoms with Crippen LogP contribution in [0.25, 0.3) is 11.1 Å². The number of aryl methyl sites for hydroxylation is 1. The highest BCUT2D eigenvalue weighted by Crippen LogP contribution is 2.23. The topological polar surface area (TPSA) is 115 Å². The van der Waals surface area contributed by atoms with Crippen molar-refractivity contribution in [3.05, 3.63) is 32.4 Å². The molecule has 1 saturated carbocycles. The van der Waals surface area contributed by atoms with E-state index >= 15 is 0 Å². The van der Waals surface area contributed by atoms with Crippen LogP contribution in [-0.4, -0.2) is 21.5 Å². The molecule has 25 heavy (non-hydrogen) atoms. The molecule has 132 valence electrons. The molecule has 1 aliphatic rings. The molecule has 3 rings (SSSR count). The predicted octanol–water partition coefficient (Wildman–Crippen LogP) is 1.95. The first-order chi connectivity index (χ1) is 12.0.